The number of anilines is 1. The number of hydrogen-bond donors (Lipinski definition) is 1. The summed E-state index contributed by atoms with van der Waals surface area (Å²) < 4.78 is 26.3. The third kappa shape index (κ3) is 4.74. The first kappa shape index (κ1) is 20.0. The van der Waals surface area contributed by atoms with Crippen molar-refractivity contribution < 1.29 is 13.6 Å². The summed E-state index contributed by atoms with van der Waals surface area (Å²) >= 11 is 0. The maximum absolute atomic E-state index is 13.3. The maximum Gasteiger partial charge on any atom is 0.245 e. The predicted molar refractivity (Wildman–Crippen MR) is 107 cm³/mol. The van der Waals surface area contributed by atoms with Gasteiger partial charge in [0, 0.05) is 17.6 Å². The molecule has 1 aliphatic heterocycles. The fourth-order valence-electron chi connectivity index (χ4n) is 3.54. The topological polar surface area (TPSA) is 44.7 Å². The molecule has 148 valence electrons. The van der Waals surface area contributed by atoms with E-state index in [2.05, 4.69) is 19.2 Å². The highest BCUT2D eigenvalue weighted by Crippen LogP contribution is 2.35. The lowest BCUT2D eigenvalue weighted by Gasteiger charge is -2.26. The molecule has 4 nitrogen and oxygen atoms in total. The number of unbranched alkanes of at least 4 members (excludes halogenated alkanes) is 1. The van der Waals surface area contributed by atoms with Gasteiger partial charge >= 0.3 is 0 Å². The first-order valence-corrected chi connectivity index (χ1v) is 9.55. The maximum atomic E-state index is 13.3. The smallest absolute Gasteiger partial charge is 0.245 e. The van der Waals surface area contributed by atoms with Gasteiger partial charge < -0.3 is 5.32 Å². The zero-order chi connectivity index (χ0) is 20.1. The lowest BCUT2D eigenvalue weighted by atomic mass is 9.78. The van der Waals surface area contributed by atoms with E-state index in [1.165, 1.54) is 36.4 Å². The largest absolute Gasteiger partial charge is 0.324 e. The number of benzene rings is 2. The zero-order valence-electron chi connectivity index (χ0n) is 16.2. The third-order valence-electron chi connectivity index (χ3n) is 5.00. The SMILES string of the molecule is CCCCC1(C)CN(CC(=O)Nc2ccc(F)cc2)N=C1c1ccc(F)cc1. The van der Waals surface area contributed by atoms with Gasteiger partial charge in [0.1, 0.15) is 18.2 Å². The summed E-state index contributed by atoms with van der Waals surface area (Å²) in [7, 11) is 0. The summed E-state index contributed by atoms with van der Waals surface area (Å²) in [6.07, 6.45) is 3.06. The van der Waals surface area contributed by atoms with Crippen LogP contribution < -0.4 is 5.32 Å². The minimum absolute atomic E-state index is 0.101. The van der Waals surface area contributed by atoms with E-state index < -0.39 is 0 Å². The number of amides is 1. The summed E-state index contributed by atoms with van der Waals surface area (Å²) in [5.74, 6) is -0.848. The van der Waals surface area contributed by atoms with Gasteiger partial charge in [0.15, 0.2) is 0 Å². The van der Waals surface area contributed by atoms with Crippen LogP contribution in [0.1, 0.15) is 38.7 Å². The van der Waals surface area contributed by atoms with Crippen molar-refractivity contribution in [1.82, 2.24) is 5.01 Å². The van der Waals surface area contributed by atoms with Crippen LogP contribution in [0.3, 0.4) is 0 Å². The number of carbonyl (C=O) groups excluding carboxylic acids is 1. The monoisotopic (exact) mass is 385 g/mol. The summed E-state index contributed by atoms with van der Waals surface area (Å²) in [6.45, 7) is 5.00. The average molecular weight is 385 g/mol. The highest BCUT2D eigenvalue weighted by Gasteiger charge is 2.39. The quantitative estimate of drug-likeness (QED) is 0.743. The van der Waals surface area contributed by atoms with Crippen molar-refractivity contribution in [1.29, 1.82) is 0 Å². The van der Waals surface area contributed by atoms with Crippen molar-refractivity contribution in [3.05, 3.63) is 65.7 Å². The van der Waals surface area contributed by atoms with Crippen molar-refractivity contribution in [3.8, 4) is 0 Å². The van der Waals surface area contributed by atoms with E-state index in [-0.39, 0.29) is 29.5 Å². The second-order valence-corrected chi connectivity index (χ2v) is 7.50. The van der Waals surface area contributed by atoms with Crippen LogP contribution in [0.5, 0.6) is 0 Å². The molecule has 0 bridgehead atoms. The molecule has 0 saturated heterocycles. The second-order valence-electron chi connectivity index (χ2n) is 7.50. The van der Waals surface area contributed by atoms with Gasteiger partial charge in [-0.05, 0) is 48.4 Å². The van der Waals surface area contributed by atoms with Gasteiger partial charge in [0.05, 0.1) is 5.71 Å². The normalized spacial score (nSPS) is 18.9. The zero-order valence-corrected chi connectivity index (χ0v) is 16.2. The van der Waals surface area contributed by atoms with E-state index in [1.807, 2.05) is 0 Å². The Kier molecular flexibility index (Phi) is 6.07. The molecule has 1 unspecified atom stereocenters. The highest BCUT2D eigenvalue weighted by atomic mass is 19.1. The summed E-state index contributed by atoms with van der Waals surface area (Å²) in [5, 5.41) is 9.22. The van der Waals surface area contributed by atoms with E-state index in [1.54, 1.807) is 17.1 Å². The van der Waals surface area contributed by atoms with Crippen molar-refractivity contribution in [2.75, 3.05) is 18.4 Å². The predicted octanol–water partition coefficient (Wildman–Crippen LogP) is 4.82. The first-order chi connectivity index (χ1) is 13.4. The lowest BCUT2D eigenvalue weighted by molar-refractivity contribution is -0.117. The van der Waals surface area contributed by atoms with E-state index in [0.29, 0.717) is 12.2 Å². The molecule has 2 aromatic rings. The number of carbonyl (C=O) groups is 1. The third-order valence-corrected chi connectivity index (χ3v) is 5.00. The lowest BCUT2D eigenvalue weighted by Crippen LogP contribution is -2.34. The summed E-state index contributed by atoms with van der Waals surface area (Å²) in [6, 6.07) is 12.0. The van der Waals surface area contributed by atoms with Crippen LogP contribution in [-0.4, -0.2) is 29.7 Å². The van der Waals surface area contributed by atoms with E-state index in [0.717, 1.165) is 30.5 Å². The van der Waals surface area contributed by atoms with Gasteiger partial charge in [-0.3, -0.25) is 9.80 Å². The van der Waals surface area contributed by atoms with E-state index in [4.69, 9.17) is 5.10 Å². The summed E-state index contributed by atoms with van der Waals surface area (Å²) in [5.41, 5.74) is 2.10. The van der Waals surface area contributed by atoms with Crippen molar-refractivity contribution in [2.45, 2.75) is 33.1 Å². The van der Waals surface area contributed by atoms with Gasteiger partial charge in [0.25, 0.3) is 0 Å². The number of nitrogens with one attached hydrogen (secondary N) is 1. The Labute approximate surface area is 164 Å². The van der Waals surface area contributed by atoms with Crippen LogP contribution in [-0.2, 0) is 4.79 Å². The molecular formula is C22H25F2N3O. The van der Waals surface area contributed by atoms with E-state index >= 15 is 0 Å². The molecule has 3 rings (SSSR count). The molecule has 0 aromatic heterocycles. The van der Waals surface area contributed by atoms with Gasteiger partial charge in [-0.2, -0.15) is 5.10 Å². The Morgan fingerprint density at radius 3 is 2.32 bits per heavy atom. The van der Waals surface area contributed by atoms with Gasteiger partial charge in [0.2, 0.25) is 5.91 Å². The minimum atomic E-state index is -0.349. The van der Waals surface area contributed by atoms with Gasteiger partial charge in [-0.25, -0.2) is 8.78 Å². The molecule has 0 saturated carbocycles. The molecule has 1 aliphatic rings. The number of hydrogen-bond acceptors (Lipinski definition) is 3. The Bertz CT molecular complexity index is 849. The van der Waals surface area contributed by atoms with Crippen LogP contribution in [0.25, 0.3) is 0 Å². The molecule has 0 aliphatic carbocycles. The molecule has 0 fully saturated rings. The molecular weight excluding hydrogens is 360 g/mol. The van der Waals surface area contributed by atoms with Gasteiger partial charge in [-0.15, -0.1) is 0 Å². The molecule has 6 heteroatoms. The molecule has 1 atom stereocenters. The second kappa shape index (κ2) is 8.50. The molecule has 2 aromatic carbocycles. The first-order valence-electron chi connectivity index (χ1n) is 9.55. The van der Waals surface area contributed by atoms with Crippen molar-refractivity contribution >= 4 is 17.3 Å². The average Bonchev–Trinajstić information content (AvgIpc) is 2.99. The fraction of sp³-hybridized carbons (Fsp3) is 0.364. The van der Waals surface area contributed by atoms with Crippen LogP contribution in [0.4, 0.5) is 14.5 Å². The molecule has 1 heterocycles. The van der Waals surface area contributed by atoms with Crippen molar-refractivity contribution in [3.63, 3.8) is 0 Å². The van der Waals surface area contributed by atoms with E-state index in [9.17, 15) is 13.6 Å². The number of nitrogens with zero attached hydrogens (tertiary/aromatic N) is 2. The summed E-state index contributed by atoms with van der Waals surface area (Å²) in [4.78, 5) is 12.4. The standard InChI is InChI=1S/C22H25F2N3O/c1-3-4-13-22(2)15-27(26-21(22)16-5-7-17(23)8-6-16)14-20(28)25-19-11-9-18(24)10-12-19/h5-12H,3-4,13-15H2,1-2H3,(H,25,28). The molecule has 1 N–H and O–H groups in total. The Balaban J connectivity index is 1.74. The molecule has 1 amide bonds. The van der Waals surface area contributed by atoms with Crippen LogP contribution in [0.2, 0.25) is 0 Å². The minimum Gasteiger partial charge on any atom is -0.324 e. The Morgan fingerprint density at radius 2 is 1.71 bits per heavy atom. The van der Waals surface area contributed by atoms with Crippen LogP contribution in [0, 0.1) is 17.0 Å². The highest BCUT2D eigenvalue weighted by molar-refractivity contribution is 6.05. The molecule has 28 heavy (non-hydrogen) atoms. The number of halogens is 2. The number of rotatable bonds is 7. The molecule has 0 spiro atoms. The van der Waals surface area contributed by atoms with Crippen LogP contribution in [0.15, 0.2) is 53.6 Å². The van der Waals surface area contributed by atoms with Crippen LogP contribution >= 0.6 is 0 Å². The Hall–Kier alpha value is -2.76. The van der Waals surface area contributed by atoms with Crippen molar-refractivity contribution in [2.24, 2.45) is 10.5 Å². The fourth-order valence-corrected chi connectivity index (χ4v) is 3.54. The number of hydrazone groups is 1. The van der Waals surface area contributed by atoms with Gasteiger partial charge in [-0.1, -0.05) is 38.8 Å². The Morgan fingerprint density at radius 1 is 1.11 bits per heavy atom. The molecule has 0 radical (unpaired) electrons.